The summed E-state index contributed by atoms with van der Waals surface area (Å²) in [5.41, 5.74) is 0. The van der Waals surface area contributed by atoms with Gasteiger partial charge in [-0.3, -0.25) is 4.79 Å². The van der Waals surface area contributed by atoms with Crippen LogP contribution in [0.1, 0.15) is 26.7 Å². The molecule has 1 saturated heterocycles. The Morgan fingerprint density at radius 1 is 1.47 bits per heavy atom. The van der Waals surface area contributed by atoms with Gasteiger partial charge >= 0.3 is 5.97 Å². The molecular formula is C10H17ClO4. The highest BCUT2D eigenvalue weighted by molar-refractivity contribution is 6.18. The van der Waals surface area contributed by atoms with Crippen LogP contribution in [0.15, 0.2) is 0 Å². The second kappa shape index (κ2) is 5.14. The van der Waals surface area contributed by atoms with Crippen LogP contribution in [0.4, 0.5) is 0 Å². The molecule has 88 valence electrons. The van der Waals surface area contributed by atoms with Crippen LogP contribution in [-0.4, -0.2) is 37.0 Å². The summed E-state index contributed by atoms with van der Waals surface area (Å²) in [5, 5.41) is 0. The third-order valence-electron chi connectivity index (χ3n) is 2.22. The first-order chi connectivity index (χ1) is 6.96. The molecule has 0 saturated carbocycles. The van der Waals surface area contributed by atoms with Crippen LogP contribution in [0.5, 0.6) is 0 Å². The number of carbonyl (C=O) groups is 1. The number of ether oxygens (including phenoxy) is 3. The topological polar surface area (TPSA) is 44.8 Å². The fourth-order valence-corrected chi connectivity index (χ4v) is 1.90. The summed E-state index contributed by atoms with van der Waals surface area (Å²) in [6.07, 6.45) is 0.633. The van der Waals surface area contributed by atoms with Crippen LogP contribution in [0.3, 0.4) is 0 Å². The molecule has 0 aromatic heterocycles. The van der Waals surface area contributed by atoms with Gasteiger partial charge in [0.25, 0.3) is 0 Å². The summed E-state index contributed by atoms with van der Waals surface area (Å²) in [7, 11) is 1.37. The summed E-state index contributed by atoms with van der Waals surface area (Å²) in [5.74, 6) is -0.549. The second-order valence-corrected chi connectivity index (χ2v) is 4.36. The number of alkyl halides is 1. The molecule has 1 heterocycles. The van der Waals surface area contributed by atoms with Crippen LogP contribution >= 0.6 is 11.6 Å². The van der Waals surface area contributed by atoms with E-state index in [9.17, 15) is 4.79 Å². The molecular weight excluding hydrogens is 220 g/mol. The van der Waals surface area contributed by atoms with Crippen LogP contribution in [-0.2, 0) is 19.0 Å². The molecule has 4 nitrogen and oxygen atoms in total. The zero-order valence-electron chi connectivity index (χ0n) is 9.29. The van der Waals surface area contributed by atoms with Gasteiger partial charge in [-0.2, -0.15) is 0 Å². The summed E-state index contributed by atoms with van der Waals surface area (Å²) >= 11 is 5.75. The number of hydrogen-bond donors (Lipinski definition) is 0. The van der Waals surface area contributed by atoms with Gasteiger partial charge in [0.05, 0.1) is 25.7 Å². The first-order valence-electron chi connectivity index (χ1n) is 4.95. The Morgan fingerprint density at radius 3 is 2.60 bits per heavy atom. The minimum absolute atomic E-state index is 0.0647. The normalized spacial score (nSPS) is 29.9. The molecule has 0 aromatic carbocycles. The van der Waals surface area contributed by atoms with E-state index in [2.05, 4.69) is 4.74 Å². The minimum Gasteiger partial charge on any atom is -0.469 e. The summed E-state index contributed by atoms with van der Waals surface area (Å²) in [6.45, 7) is 3.63. The Bertz CT molecular complexity index is 229. The first-order valence-corrected chi connectivity index (χ1v) is 5.48. The van der Waals surface area contributed by atoms with E-state index in [0.29, 0.717) is 12.3 Å². The highest BCUT2D eigenvalue weighted by Gasteiger charge is 2.36. The lowest BCUT2D eigenvalue weighted by atomic mass is 10.1. The Labute approximate surface area is 94.8 Å². The maximum Gasteiger partial charge on any atom is 0.308 e. The molecule has 0 amide bonds. The van der Waals surface area contributed by atoms with Gasteiger partial charge in [0.15, 0.2) is 5.79 Å². The smallest absolute Gasteiger partial charge is 0.308 e. The molecule has 15 heavy (non-hydrogen) atoms. The quantitative estimate of drug-likeness (QED) is 0.553. The average molecular weight is 237 g/mol. The zero-order valence-corrected chi connectivity index (χ0v) is 10.0. The predicted octanol–water partition coefficient (Wildman–Crippen LogP) is 1.70. The largest absolute Gasteiger partial charge is 0.469 e. The fourth-order valence-electron chi connectivity index (χ4n) is 1.71. The maximum absolute atomic E-state index is 11.1. The molecule has 1 fully saturated rings. The van der Waals surface area contributed by atoms with E-state index >= 15 is 0 Å². The lowest BCUT2D eigenvalue weighted by molar-refractivity contribution is -0.295. The number of carbonyl (C=O) groups excluding carboxylic acids is 1. The van der Waals surface area contributed by atoms with Crippen molar-refractivity contribution in [3.8, 4) is 0 Å². The third kappa shape index (κ3) is 3.97. The summed E-state index contributed by atoms with van der Waals surface area (Å²) in [4.78, 5) is 11.1. The number of esters is 1. The van der Waals surface area contributed by atoms with Crippen LogP contribution in [0.2, 0.25) is 0 Å². The predicted molar refractivity (Wildman–Crippen MR) is 55.8 cm³/mol. The van der Waals surface area contributed by atoms with Crippen molar-refractivity contribution in [2.45, 2.75) is 44.7 Å². The van der Waals surface area contributed by atoms with Crippen molar-refractivity contribution >= 4 is 17.6 Å². The van der Waals surface area contributed by atoms with Gasteiger partial charge in [0.1, 0.15) is 0 Å². The van der Waals surface area contributed by atoms with Crippen molar-refractivity contribution in [1.82, 2.24) is 0 Å². The molecule has 0 aliphatic carbocycles. The number of rotatable bonds is 3. The molecule has 0 radical (unpaired) electrons. The zero-order chi connectivity index (χ0) is 11.5. The summed E-state index contributed by atoms with van der Waals surface area (Å²) in [6, 6.07) is 0. The van der Waals surface area contributed by atoms with Gasteiger partial charge in [-0.15, -0.1) is 11.6 Å². The van der Waals surface area contributed by atoms with E-state index in [0.717, 1.165) is 0 Å². The van der Waals surface area contributed by atoms with Gasteiger partial charge in [0, 0.05) is 12.3 Å². The van der Waals surface area contributed by atoms with Crippen LogP contribution in [0.25, 0.3) is 0 Å². The van der Waals surface area contributed by atoms with E-state index in [-0.39, 0.29) is 24.6 Å². The molecule has 0 aromatic rings. The molecule has 0 N–H and O–H groups in total. The molecule has 2 atom stereocenters. The van der Waals surface area contributed by atoms with E-state index in [4.69, 9.17) is 21.1 Å². The molecule has 1 rings (SSSR count). The van der Waals surface area contributed by atoms with Gasteiger partial charge in [-0.1, -0.05) is 0 Å². The maximum atomic E-state index is 11.1. The van der Waals surface area contributed by atoms with Gasteiger partial charge in [-0.05, 0) is 13.8 Å². The van der Waals surface area contributed by atoms with Crippen molar-refractivity contribution in [1.29, 1.82) is 0 Å². The van der Waals surface area contributed by atoms with Crippen LogP contribution in [0, 0.1) is 0 Å². The molecule has 5 heteroatoms. The number of hydrogen-bond acceptors (Lipinski definition) is 4. The minimum atomic E-state index is -0.684. The average Bonchev–Trinajstić information content (AvgIpc) is 2.15. The van der Waals surface area contributed by atoms with Gasteiger partial charge < -0.3 is 14.2 Å². The van der Waals surface area contributed by atoms with Crippen molar-refractivity contribution in [2.75, 3.05) is 13.0 Å². The molecule has 0 bridgehead atoms. The Hall–Kier alpha value is -0.320. The van der Waals surface area contributed by atoms with Crippen molar-refractivity contribution in [2.24, 2.45) is 0 Å². The van der Waals surface area contributed by atoms with Crippen molar-refractivity contribution < 1.29 is 19.0 Å². The number of methoxy groups -OCH3 is 1. The standard InChI is InChI=1S/C10H17ClO4/c1-10(2)14-7(5-9(12)13-3)4-8(6-11)15-10/h7-8H,4-6H2,1-3H3/t7-,8-/m1/s1. The Kier molecular flexibility index (Phi) is 4.37. The highest BCUT2D eigenvalue weighted by atomic mass is 35.5. The van der Waals surface area contributed by atoms with Crippen molar-refractivity contribution in [3.63, 3.8) is 0 Å². The highest BCUT2D eigenvalue weighted by Crippen LogP contribution is 2.28. The van der Waals surface area contributed by atoms with E-state index in [1.54, 1.807) is 0 Å². The monoisotopic (exact) mass is 236 g/mol. The first kappa shape index (κ1) is 12.7. The second-order valence-electron chi connectivity index (χ2n) is 4.05. The SMILES string of the molecule is COC(=O)C[C@H]1C[C@H](CCl)OC(C)(C)O1. The molecule has 0 spiro atoms. The molecule has 1 aliphatic rings. The number of halogens is 1. The van der Waals surface area contributed by atoms with E-state index < -0.39 is 5.79 Å². The molecule has 1 aliphatic heterocycles. The third-order valence-corrected chi connectivity index (χ3v) is 2.57. The van der Waals surface area contributed by atoms with E-state index in [1.165, 1.54) is 7.11 Å². The van der Waals surface area contributed by atoms with Crippen molar-refractivity contribution in [3.05, 3.63) is 0 Å². The fraction of sp³-hybridized carbons (Fsp3) is 0.900. The molecule has 0 unspecified atom stereocenters. The Balaban J connectivity index is 2.54. The lowest BCUT2D eigenvalue weighted by Crippen LogP contribution is -2.46. The lowest BCUT2D eigenvalue weighted by Gasteiger charge is -2.39. The van der Waals surface area contributed by atoms with Gasteiger partial charge in [0.2, 0.25) is 0 Å². The summed E-state index contributed by atoms with van der Waals surface area (Å²) < 4.78 is 15.8. The van der Waals surface area contributed by atoms with Crippen LogP contribution < -0.4 is 0 Å². The van der Waals surface area contributed by atoms with Gasteiger partial charge in [-0.25, -0.2) is 0 Å². The Morgan fingerprint density at radius 2 is 2.07 bits per heavy atom. The van der Waals surface area contributed by atoms with E-state index in [1.807, 2.05) is 13.8 Å².